The van der Waals surface area contributed by atoms with Gasteiger partial charge in [-0.15, -0.1) is 24.8 Å². The molecule has 1 aromatic heterocycles. The predicted molar refractivity (Wildman–Crippen MR) is 90.3 cm³/mol. The van der Waals surface area contributed by atoms with Gasteiger partial charge in [-0.3, -0.25) is 9.78 Å². The van der Waals surface area contributed by atoms with Crippen molar-refractivity contribution in [2.24, 2.45) is 0 Å². The molecule has 3 heterocycles. The van der Waals surface area contributed by atoms with Crippen LogP contribution in [0.5, 0.6) is 5.75 Å². The molecule has 0 atom stereocenters. The number of halogens is 3. The van der Waals surface area contributed by atoms with E-state index in [1.54, 1.807) is 6.20 Å². The average Bonchev–Trinajstić information content (AvgIpc) is 2.76. The van der Waals surface area contributed by atoms with Crippen molar-refractivity contribution in [1.82, 2.24) is 15.2 Å². The van der Waals surface area contributed by atoms with Gasteiger partial charge in [0, 0.05) is 30.8 Å². The zero-order valence-electron chi connectivity index (χ0n) is 13.0. The summed E-state index contributed by atoms with van der Waals surface area (Å²) >= 11 is 0. The highest BCUT2D eigenvalue weighted by Gasteiger charge is 2.43. The molecule has 0 bridgehead atoms. The first-order valence-electron chi connectivity index (χ1n) is 7.33. The molecular formula is C15H19Cl2FN4O2. The van der Waals surface area contributed by atoms with Gasteiger partial charge in [0.15, 0.2) is 5.67 Å². The Hall–Kier alpha value is -1.62. The Morgan fingerprint density at radius 1 is 1.38 bits per heavy atom. The fraction of sp³-hybridized carbons (Fsp3) is 0.533. The van der Waals surface area contributed by atoms with Gasteiger partial charge >= 0.3 is 0 Å². The summed E-state index contributed by atoms with van der Waals surface area (Å²) in [5.41, 5.74) is -0.832. The number of alkyl halides is 1. The van der Waals surface area contributed by atoms with Crippen LogP contribution in [0, 0.1) is 11.3 Å². The number of rotatable bonds is 1. The first kappa shape index (κ1) is 20.4. The number of piperidine rings is 1. The molecule has 3 rings (SSSR count). The molecule has 2 aliphatic rings. The lowest BCUT2D eigenvalue weighted by atomic mass is 9.92. The molecule has 9 heteroatoms. The van der Waals surface area contributed by atoms with Gasteiger partial charge < -0.3 is 15.0 Å². The summed E-state index contributed by atoms with van der Waals surface area (Å²) in [7, 11) is 0. The predicted octanol–water partition coefficient (Wildman–Crippen LogP) is 1.61. The Morgan fingerprint density at radius 2 is 2.08 bits per heavy atom. The van der Waals surface area contributed by atoms with Gasteiger partial charge in [0.05, 0.1) is 13.1 Å². The van der Waals surface area contributed by atoms with Crippen LogP contribution in [-0.4, -0.2) is 47.7 Å². The molecule has 0 radical (unpaired) electrons. The molecule has 6 nitrogen and oxygen atoms in total. The van der Waals surface area contributed by atoms with Crippen LogP contribution in [0.15, 0.2) is 12.4 Å². The summed E-state index contributed by atoms with van der Waals surface area (Å²) in [6.07, 6.45) is 3.37. The second-order valence-corrected chi connectivity index (χ2v) is 5.58. The zero-order chi connectivity index (χ0) is 15.6. The van der Waals surface area contributed by atoms with E-state index in [0.29, 0.717) is 36.5 Å². The summed E-state index contributed by atoms with van der Waals surface area (Å²) < 4.78 is 20.4. The molecule has 1 aromatic rings. The normalized spacial score (nSPS) is 18.6. The number of nitrogens with zero attached hydrogens (tertiary/aromatic N) is 3. The van der Waals surface area contributed by atoms with E-state index in [1.807, 2.05) is 6.07 Å². The van der Waals surface area contributed by atoms with Crippen LogP contribution < -0.4 is 10.1 Å². The Kier molecular flexibility index (Phi) is 7.21. The SMILES string of the molecule is Cl.Cl.N#Cc1cncc2c1OCCN(C(=O)C1(F)CCNCC1)C2. The number of nitrogens with one attached hydrogen (secondary N) is 1. The first-order valence-corrected chi connectivity index (χ1v) is 7.33. The number of hydrogen-bond acceptors (Lipinski definition) is 5. The molecule has 0 unspecified atom stereocenters. The first-order chi connectivity index (χ1) is 10.6. The van der Waals surface area contributed by atoms with Gasteiger partial charge in [0.2, 0.25) is 0 Å². The van der Waals surface area contributed by atoms with Gasteiger partial charge in [-0.25, -0.2) is 4.39 Å². The number of nitriles is 1. The van der Waals surface area contributed by atoms with E-state index >= 15 is 0 Å². The van der Waals surface area contributed by atoms with Gasteiger partial charge in [-0.1, -0.05) is 0 Å². The standard InChI is InChI=1S/C15H17FN4O2.2ClH/c16-15(1-3-18-4-2-15)14(21)20-5-6-22-13-11(7-17)8-19-9-12(13)10-20;;/h8-9,18H,1-6,10H2;2*1H. The Bertz CT molecular complexity index is 632. The number of hydrogen-bond donors (Lipinski definition) is 1. The van der Waals surface area contributed by atoms with E-state index in [2.05, 4.69) is 10.3 Å². The van der Waals surface area contributed by atoms with Gasteiger partial charge in [-0.2, -0.15) is 5.26 Å². The maximum Gasteiger partial charge on any atom is 0.260 e. The highest BCUT2D eigenvalue weighted by molar-refractivity contribution is 5.86. The molecule has 132 valence electrons. The van der Waals surface area contributed by atoms with Crippen LogP contribution in [0.25, 0.3) is 0 Å². The Morgan fingerprint density at radius 3 is 2.75 bits per heavy atom. The monoisotopic (exact) mass is 376 g/mol. The second-order valence-electron chi connectivity index (χ2n) is 5.58. The number of amides is 1. The lowest BCUT2D eigenvalue weighted by Gasteiger charge is -2.33. The van der Waals surface area contributed by atoms with E-state index in [1.165, 1.54) is 11.1 Å². The van der Waals surface area contributed by atoms with Crippen LogP contribution in [0.4, 0.5) is 4.39 Å². The van der Waals surface area contributed by atoms with E-state index < -0.39 is 11.6 Å². The summed E-state index contributed by atoms with van der Waals surface area (Å²) in [6, 6.07) is 2.02. The molecular weight excluding hydrogens is 358 g/mol. The number of fused-ring (bicyclic) bond motifs is 1. The second kappa shape index (κ2) is 8.47. The smallest absolute Gasteiger partial charge is 0.260 e. The minimum Gasteiger partial charge on any atom is -0.490 e. The van der Waals surface area contributed by atoms with E-state index in [9.17, 15) is 9.18 Å². The molecule has 0 spiro atoms. The molecule has 0 aliphatic carbocycles. The number of carbonyl (C=O) groups is 1. The molecule has 1 saturated heterocycles. The summed E-state index contributed by atoms with van der Waals surface area (Å²) in [6.45, 7) is 1.77. The maximum absolute atomic E-state index is 14.9. The van der Waals surface area contributed by atoms with E-state index in [-0.39, 0.29) is 50.8 Å². The van der Waals surface area contributed by atoms with Crippen molar-refractivity contribution >= 4 is 30.7 Å². The van der Waals surface area contributed by atoms with Crippen molar-refractivity contribution in [1.29, 1.82) is 5.26 Å². The molecule has 0 aromatic carbocycles. The minimum absolute atomic E-state index is 0. The van der Waals surface area contributed by atoms with Crippen LogP contribution in [0.2, 0.25) is 0 Å². The highest BCUT2D eigenvalue weighted by Crippen LogP contribution is 2.30. The molecule has 24 heavy (non-hydrogen) atoms. The highest BCUT2D eigenvalue weighted by atomic mass is 35.5. The van der Waals surface area contributed by atoms with Gasteiger partial charge in [0.25, 0.3) is 5.91 Å². The third-order valence-corrected chi connectivity index (χ3v) is 4.13. The largest absolute Gasteiger partial charge is 0.490 e. The fourth-order valence-electron chi connectivity index (χ4n) is 2.89. The lowest BCUT2D eigenvalue weighted by Crippen LogP contribution is -2.51. The van der Waals surface area contributed by atoms with Crippen LogP contribution in [0.1, 0.15) is 24.0 Å². The van der Waals surface area contributed by atoms with Crippen molar-refractivity contribution in [3.05, 3.63) is 23.5 Å². The van der Waals surface area contributed by atoms with Gasteiger partial charge in [0.1, 0.15) is 24.0 Å². The maximum atomic E-state index is 14.9. The number of carbonyl (C=O) groups excluding carboxylic acids is 1. The quantitative estimate of drug-likeness (QED) is 0.805. The summed E-state index contributed by atoms with van der Waals surface area (Å²) in [5.74, 6) is -0.0428. The number of ether oxygens (including phenoxy) is 1. The van der Waals surface area contributed by atoms with E-state index in [4.69, 9.17) is 10.00 Å². The zero-order valence-corrected chi connectivity index (χ0v) is 14.6. The molecule has 1 N–H and O–H groups in total. The lowest BCUT2D eigenvalue weighted by molar-refractivity contribution is -0.146. The molecule has 2 aliphatic heterocycles. The van der Waals surface area contributed by atoms with Crippen LogP contribution in [0.3, 0.4) is 0 Å². The van der Waals surface area contributed by atoms with Gasteiger partial charge in [-0.05, 0) is 13.1 Å². The molecule has 1 fully saturated rings. The topological polar surface area (TPSA) is 78.2 Å². The van der Waals surface area contributed by atoms with E-state index in [0.717, 1.165) is 0 Å². The Balaban J connectivity index is 0.00000144. The average molecular weight is 377 g/mol. The molecule has 1 amide bonds. The van der Waals surface area contributed by atoms with Crippen molar-refractivity contribution in [2.75, 3.05) is 26.2 Å². The van der Waals surface area contributed by atoms with Crippen molar-refractivity contribution in [3.8, 4) is 11.8 Å². The summed E-state index contributed by atoms with van der Waals surface area (Å²) in [5, 5.41) is 12.1. The fourth-order valence-corrected chi connectivity index (χ4v) is 2.89. The third kappa shape index (κ3) is 3.89. The van der Waals surface area contributed by atoms with Crippen molar-refractivity contribution < 1.29 is 13.9 Å². The minimum atomic E-state index is -1.81. The number of pyridine rings is 1. The van der Waals surface area contributed by atoms with Crippen molar-refractivity contribution in [2.45, 2.75) is 25.1 Å². The Labute approximate surface area is 152 Å². The van der Waals surface area contributed by atoms with Crippen molar-refractivity contribution in [3.63, 3.8) is 0 Å². The third-order valence-electron chi connectivity index (χ3n) is 4.13. The summed E-state index contributed by atoms with van der Waals surface area (Å²) in [4.78, 5) is 18.0. The number of aromatic nitrogens is 1. The van der Waals surface area contributed by atoms with Crippen LogP contribution >= 0.6 is 24.8 Å². The molecule has 0 saturated carbocycles. The van der Waals surface area contributed by atoms with Crippen LogP contribution in [-0.2, 0) is 11.3 Å².